The SMILES string of the molecule is C=N/C(=C\N=C(C)N)c1ccc(-c2cccnc2S(=O)(=O)C2CCCCC2)cc1F. The van der Waals surface area contributed by atoms with Crippen LogP contribution in [0.1, 0.15) is 44.6 Å². The van der Waals surface area contributed by atoms with Gasteiger partial charge in [-0.2, -0.15) is 0 Å². The van der Waals surface area contributed by atoms with Crippen LogP contribution in [0, 0.1) is 5.82 Å². The maximum Gasteiger partial charge on any atom is 0.199 e. The van der Waals surface area contributed by atoms with Crippen molar-refractivity contribution in [1.82, 2.24) is 4.98 Å². The Balaban J connectivity index is 2.04. The van der Waals surface area contributed by atoms with E-state index in [4.69, 9.17) is 5.73 Å². The number of hydrogen-bond donors (Lipinski definition) is 1. The van der Waals surface area contributed by atoms with E-state index in [1.165, 1.54) is 24.5 Å². The van der Waals surface area contributed by atoms with Crippen LogP contribution in [0.2, 0.25) is 0 Å². The molecular formula is C22H25FN4O2S. The molecule has 8 heteroatoms. The summed E-state index contributed by atoms with van der Waals surface area (Å²) in [5.74, 6) is -0.262. The van der Waals surface area contributed by atoms with Crippen LogP contribution < -0.4 is 5.73 Å². The van der Waals surface area contributed by atoms with Crippen LogP contribution in [0.3, 0.4) is 0 Å². The fraction of sp³-hybridized carbons (Fsp3) is 0.318. The number of aliphatic imine (C=N–C) groups is 2. The number of pyridine rings is 1. The van der Waals surface area contributed by atoms with E-state index in [0.29, 0.717) is 29.8 Å². The standard InChI is InChI=1S/C22H25FN4O2S/c1-15(24)27-14-21(25-2)19-11-10-16(13-20(19)23)18-9-6-12-26-22(18)30(28,29)17-7-4-3-5-8-17/h6,9-14,17H,2-5,7-8H2,1H3,(H2,24,27)/b21-14-. The lowest BCUT2D eigenvalue weighted by molar-refractivity contribution is 0.482. The second kappa shape index (κ2) is 9.30. The number of halogens is 1. The Kier molecular flexibility index (Phi) is 6.77. The van der Waals surface area contributed by atoms with Gasteiger partial charge in [0.25, 0.3) is 0 Å². The van der Waals surface area contributed by atoms with Gasteiger partial charge in [-0.1, -0.05) is 25.3 Å². The summed E-state index contributed by atoms with van der Waals surface area (Å²) in [5, 5.41) is -0.439. The fourth-order valence-corrected chi connectivity index (χ4v) is 5.59. The number of aromatic nitrogens is 1. The summed E-state index contributed by atoms with van der Waals surface area (Å²) in [6, 6.07) is 7.76. The third kappa shape index (κ3) is 4.64. The average Bonchev–Trinajstić information content (AvgIpc) is 2.75. The van der Waals surface area contributed by atoms with Gasteiger partial charge in [0, 0.05) is 17.3 Å². The average molecular weight is 429 g/mol. The fourth-order valence-electron chi connectivity index (χ4n) is 3.62. The van der Waals surface area contributed by atoms with Crippen LogP contribution >= 0.6 is 0 Å². The van der Waals surface area contributed by atoms with Crippen LogP contribution in [-0.2, 0) is 9.84 Å². The first kappa shape index (κ1) is 21.8. The highest BCUT2D eigenvalue weighted by molar-refractivity contribution is 7.92. The smallest absolute Gasteiger partial charge is 0.199 e. The molecule has 0 atom stereocenters. The van der Waals surface area contributed by atoms with Crippen molar-refractivity contribution in [2.45, 2.75) is 49.3 Å². The minimum atomic E-state index is -3.61. The van der Waals surface area contributed by atoms with Crippen molar-refractivity contribution in [1.29, 1.82) is 0 Å². The Morgan fingerprint density at radius 1 is 1.27 bits per heavy atom. The van der Waals surface area contributed by atoms with E-state index in [2.05, 4.69) is 21.7 Å². The minimum Gasteiger partial charge on any atom is -0.387 e. The summed E-state index contributed by atoms with van der Waals surface area (Å²) in [4.78, 5) is 11.9. The van der Waals surface area contributed by atoms with Crippen LogP contribution in [-0.4, -0.2) is 31.2 Å². The zero-order chi connectivity index (χ0) is 21.7. The quantitative estimate of drug-likeness (QED) is 0.546. The molecule has 0 unspecified atom stereocenters. The molecule has 1 aromatic heterocycles. The van der Waals surface area contributed by atoms with Crippen molar-refractivity contribution >= 4 is 28.1 Å². The number of amidine groups is 1. The van der Waals surface area contributed by atoms with E-state index in [1.807, 2.05) is 0 Å². The second-order valence-corrected chi connectivity index (χ2v) is 9.44. The van der Waals surface area contributed by atoms with Gasteiger partial charge in [-0.15, -0.1) is 0 Å². The highest BCUT2D eigenvalue weighted by Crippen LogP contribution is 2.34. The molecular weight excluding hydrogens is 403 g/mol. The van der Waals surface area contributed by atoms with Gasteiger partial charge in [-0.05, 0) is 56.3 Å². The van der Waals surface area contributed by atoms with Gasteiger partial charge in [0.15, 0.2) is 14.9 Å². The number of hydrogen-bond acceptors (Lipinski definition) is 5. The summed E-state index contributed by atoms with van der Waals surface area (Å²) >= 11 is 0. The molecule has 1 aliphatic carbocycles. The molecule has 0 amide bonds. The van der Waals surface area contributed by atoms with Crippen molar-refractivity contribution in [3.05, 3.63) is 54.1 Å². The van der Waals surface area contributed by atoms with Gasteiger partial charge in [0.05, 0.1) is 23.0 Å². The Hall–Kier alpha value is -2.87. The first-order chi connectivity index (χ1) is 14.3. The minimum absolute atomic E-state index is 0.00465. The van der Waals surface area contributed by atoms with E-state index in [-0.39, 0.29) is 16.3 Å². The normalized spacial score (nSPS) is 16.5. The summed E-state index contributed by atoms with van der Waals surface area (Å²) in [6.07, 6.45) is 6.89. The first-order valence-corrected chi connectivity index (χ1v) is 11.3. The van der Waals surface area contributed by atoms with Gasteiger partial charge in [-0.25, -0.2) is 22.8 Å². The summed E-state index contributed by atoms with van der Waals surface area (Å²) in [7, 11) is -3.61. The molecule has 2 aromatic rings. The molecule has 0 radical (unpaired) electrons. The molecule has 0 aliphatic heterocycles. The molecule has 3 rings (SSSR count). The molecule has 1 fully saturated rings. The number of rotatable bonds is 6. The number of sulfone groups is 1. The van der Waals surface area contributed by atoms with Crippen LogP contribution in [0.25, 0.3) is 16.8 Å². The molecule has 0 bridgehead atoms. The van der Waals surface area contributed by atoms with E-state index >= 15 is 0 Å². The zero-order valence-electron chi connectivity index (χ0n) is 16.9. The summed E-state index contributed by atoms with van der Waals surface area (Å²) < 4.78 is 41.3. The van der Waals surface area contributed by atoms with E-state index in [1.54, 1.807) is 25.1 Å². The third-order valence-electron chi connectivity index (χ3n) is 5.15. The second-order valence-electron chi connectivity index (χ2n) is 7.30. The van der Waals surface area contributed by atoms with Crippen molar-refractivity contribution in [3.63, 3.8) is 0 Å². The maximum absolute atomic E-state index is 14.9. The molecule has 1 saturated carbocycles. The molecule has 2 N–H and O–H groups in total. The van der Waals surface area contributed by atoms with Gasteiger partial charge >= 0.3 is 0 Å². The first-order valence-electron chi connectivity index (χ1n) is 9.80. The number of benzene rings is 1. The number of nitrogens with two attached hydrogens (primary N) is 1. The van der Waals surface area contributed by atoms with Crippen molar-refractivity contribution in [3.8, 4) is 11.1 Å². The molecule has 1 aromatic carbocycles. The van der Waals surface area contributed by atoms with E-state index in [9.17, 15) is 12.8 Å². The van der Waals surface area contributed by atoms with Crippen LogP contribution in [0.5, 0.6) is 0 Å². The van der Waals surface area contributed by atoms with Gasteiger partial charge in [0.2, 0.25) is 0 Å². The van der Waals surface area contributed by atoms with Crippen LogP contribution in [0.4, 0.5) is 4.39 Å². The molecule has 1 aliphatic rings. The predicted octanol–water partition coefficient (Wildman–Crippen LogP) is 4.37. The topological polar surface area (TPSA) is 97.8 Å². The van der Waals surface area contributed by atoms with Gasteiger partial charge < -0.3 is 5.73 Å². The van der Waals surface area contributed by atoms with E-state index < -0.39 is 20.9 Å². The Labute approximate surface area is 176 Å². The molecule has 0 saturated heterocycles. The Morgan fingerprint density at radius 3 is 2.63 bits per heavy atom. The number of nitrogens with zero attached hydrogens (tertiary/aromatic N) is 3. The predicted molar refractivity (Wildman–Crippen MR) is 119 cm³/mol. The third-order valence-corrected chi connectivity index (χ3v) is 7.36. The lowest BCUT2D eigenvalue weighted by atomic mass is 10.0. The Morgan fingerprint density at radius 2 is 2.00 bits per heavy atom. The molecule has 158 valence electrons. The summed E-state index contributed by atoms with van der Waals surface area (Å²) in [5.41, 5.74) is 6.76. The monoisotopic (exact) mass is 428 g/mol. The zero-order valence-corrected chi connectivity index (χ0v) is 17.7. The largest absolute Gasteiger partial charge is 0.387 e. The van der Waals surface area contributed by atoms with Crippen molar-refractivity contribution < 1.29 is 12.8 Å². The Bertz CT molecular complexity index is 1100. The van der Waals surface area contributed by atoms with Gasteiger partial charge in [0.1, 0.15) is 5.82 Å². The molecule has 6 nitrogen and oxygen atoms in total. The van der Waals surface area contributed by atoms with Gasteiger partial charge in [-0.3, -0.25) is 4.99 Å². The lowest BCUT2D eigenvalue weighted by Gasteiger charge is -2.22. The maximum atomic E-state index is 14.9. The summed E-state index contributed by atoms with van der Waals surface area (Å²) in [6.45, 7) is 5.06. The molecule has 30 heavy (non-hydrogen) atoms. The van der Waals surface area contributed by atoms with E-state index in [0.717, 1.165) is 19.3 Å². The van der Waals surface area contributed by atoms with Crippen molar-refractivity contribution in [2.24, 2.45) is 15.7 Å². The highest BCUT2D eigenvalue weighted by atomic mass is 32.2. The lowest BCUT2D eigenvalue weighted by Crippen LogP contribution is -2.25. The van der Waals surface area contributed by atoms with Crippen LogP contribution in [0.15, 0.2) is 57.7 Å². The molecule has 1 heterocycles. The highest BCUT2D eigenvalue weighted by Gasteiger charge is 2.32. The molecule has 0 spiro atoms. The van der Waals surface area contributed by atoms with Crippen molar-refractivity contribution in [2.75, 3.05) is 0 Å².